The SMILES string of the molecule is CCCNc1ncc(C)c(-c2ccc(F)cc2C)n1. The first-order valence-corrected chi connectivity index (χ1v) is 6.46. The maximum Gasteiger partial charge on any atom is 0.223 e. The lowest BCUT2D eigenvalue weighted by molar-refractivity contribution is 0.627. The predicted molar refractivity (Wildman–Crippen MR) is 75.7 cm³/mol. The van der Waals surface area contributed by atoms with Gasteiger partial charge >= 0.3 is 0 Å². The zero-order valence-electron chi connectivity index (χ0n) is 11.5. The fourth-order valence-corrected chi connectivity index (χ4v) is 1.93. The number of nitrogens with zero attached hydrogens (tertiary/aromatic N) is 2. The van der Waals surface area contributed by atoms with Crippen LogP contribution < -0.4 is 5.32 Å². The average Bonchev–Trinajstić information content (AvgIpc) is 2.38. The number of benzene rings is 1. The second-order valence-corrected chi connectivity index (χ2v) is 4.61. The fraction of sp³-hybridized carbons (Fsp3) is 0.333. The summed E-state index contributed by atoms with van der Waals surface area (Å²) < 4.78 is 13.2. The molecule has 3 nitrogen and oxygen atoms in total. The number of aromatic nitrogens is 2. The third-order valence-electron chi connectivity index (χ3n) is 2.95. The van der Waals surface area contributed by atoms with Gasteiger partial charge in [0.05, 0.1) is 5.69 Å². The van der Waals surface area contributed by atoms with Gasteiger partial charge in [-0.25, -0.2) is 14.4 Å². The summed E-state index contributed by atoms with van der Waals surface area (Å²) in [5, 5.41) is 3.17. The summed E-state index contributed by atoms with van der Waals surface area (Å²) in [6.07, 6.45) is 2.81. The van der Waals surface area contributed by atoms with Crippen molar-refractivity contribution in [2.45, 2.75) is 27.2 Å². The highest BCUT2D eigenvalue weighted by Gasteiger charge is 2.09. The van der Waals surface area contributed by atoms with Crippen molar-refractivity contribution in [3.05, 3.63) is 41.3 Å². The van der Waals surface area contributed by atoms with Crippen molar-refractivity contribution in [1.82, 2.24) is 9.97 Å². The number of hydrogen-bond acceptors (Lipinski definition) is 3. The molecule has 1 heterocycles. The molecule has 2 aromatic rings. The zero-order chi connectivity index (χ0) is 13.8. The third kappa shape index (κ3) is 3.08. The van der Waals surface area contributed by atoms with Gasteiger partial charge in [0.15, 0.2) is 0 Å². The van der Waals surface area contributed by atoms with Gasteiger partial charge in [0.25, 0.3) is 0 Å². The second kappa shape index (κ2) is 5.78. The first-order chi connectivity index (χ1) is 9.11. The molecule has 0 radical (unpaired) electrons. The predicted octanol–water partition coefficient (Wildman–Crippen LogP) is 3.72. The van der Waals surface area contributed by atoms with Crippen LogP contribution >= 0.6 is 0 Å². The number of rotatable bonds is 4. The van der Waals surface area contributed by atoms with E-state index in [9.17, 15) is 4.39 Å². The first kappa shape index (κ1) is 13.5. The van der Waals surface area contributed by atoms with Crippen LogP contribution in [0.25, 0.3) is 11.3 Å². The topological polar surface area (TPSA) is 37.8 Å². The molecule has 0 aliphatic rings. The van der Waals surface area contributed by atoms with E-state index in [4.69, 9.17) is 0 Å². The van der Waals surface area contributed by atoms with Gasteiger partial charge in [0, 0.05) is 18.3 Å². The Bertz CT molecular complexity index is 582. The number of nitrogens with one attached hydrogen (secondary N) is 1. The van der Waals surface area contributed by atoms with Crippen LogP contribution in [0, 0.1) is 19.7 Å². The molecule has 0 aliphatic carbocycles. The largest absolute Gasteiger partial charge is 0.354 e. The highest BCUT2D eigenvalue weighted by Crippen LogP contribution is 2.25. The Kier molecular flexibility index (Phi) is 4.10. The molecule has 0 fully saturated rings. The highest BCUT2D eigenvalue weighted by molar-refractivity contribution is 5.67. The molecule has 1 aromatic heterocycles. The lowest BCUT2D eigenvalue weighted by atomic mass is 10.0. The maximum atomic E-state index is 13.2. The number of hydrogen-bond donors (Lipinski definition) is 1. The van der Waals surface area contributed by atoms with Crippen molar-refractivity contribution in [1.29, 1.82) is 0 Å². The first-order valence-electron chi connectivity index (χ1n) is 6.46. The lowest BCUT2D eigenvalue weighted by Gasteiger charge is -2.10. The minimum atomic E-state index is -0.225. The molecule has 0 aliphatic heterocycles. The molecule has 0 bridgehead atoms. The van der Waals surface area contributed by atoms with E-state index < -0.39 is 0 Å². The Morgan fingerprint density at radius 1 is 1.21 bits per heavy atom. The average molecular weight is 259 g/mol. The van der Waals surface area contributed by atoms with Crippen molar-refractivity contribution in [3.63, 3.8) is 0 Å². The lowest BCUT2D eigenvalue weighted by Crippen LogP contribution is -2.05. The molecule has 4 heteroatoms. The molecule has 1 aromatic carbocycles. The van der Waals surface area contributed by atoms with Crippen molar-refractivity contribution in [2.24, 2.45) is 0 Å². The molecule has 0 unspecified atom stereocenters. The van der Waals surface area contributed by atoms with E-state index in [0.717, 1.165) is 35.3 Å². The van der Waals surface area contributed by atoms with Gasteiger partial charge in [-0.1, -0.05) is 6.92 Å². The van der Waals surface area contributed by atoms with Crippen LogP contribution in [-0.2, 0) is 0 Å². The molecule has 2 rings (SSSR count). The maximum absolute atomic E-state index is 13.2. The van der Waals surface area contributed by atoms with Crippen molar-refractivity contribution < 1.29 is 4.39 Å². The molecule has 0 spiro atoms. The molecule has 1 N–H and O–H groups in total. The Labute approximate surface area is 112 Å². The van der Waals surface area contributed by atoms with Gasteiger partial charge < -0.3 is 5.32 Å². The van der Waals surface area contributed by atoms with E-state index in [-0.39, 0.29) is 5.82 Å². The Morgan fingerprint density at radius 3 is 2.68 bits per heavy atom. The van der Waals surface area contributed by atoms with Gasteiger partial charge in [0.1, 0.15) is 5.82 Å². The minimum Gasteiger partial charge on any atom is -0.354 e. The summed E-state index contributed by atoms with van der Waals surface area (Å²) in [4.78, 5) is 8.78. The van der Waals surface area contributed by atoms with E-state index in [2.05, 4.69) is 22.2 Å². The quantitative estimate of drug-likeness (QED) is 0.909. The number of aryl methyl sites for hydroxylation is 2. The summed E-state index contributed by atoms with van der Waals surface area (Å²) in [7, 11) is 0. The van der Waals surface area contributed by atoms with E-state index in [1.807, 2.05) is 13.8 Å². The van der Waals surface area contributed by atoms with Crippen LogP contribution in [0.5, 0.6) is 0 Å². The molecule has 0 amide bonds. The molecule has 0 saturated heterocycles. The number of anilines is 1. The molecule has 0 atom stereocenters. The molecule has 100 valence electrons. The van der Waals surface area contributed by atoms with Crippen molar-refractivity contribution in [3.8, 4) is 11.3 Å². The molecule has 19 heavy (non-hydrogen) atoms. The van der Waals surface area contributed by atoms with Crippen LogP contribution in [-0.4, -0.2) is 16.5 Å². The Hall–Kier alpha value is -1.97. The Balaban J connectivity index is 2.42. The van der Waals surface area contributed by atoms with Crippen LogP contribution in [0.15, 0.2) is 24.4 Å². The zero-order valence-corrected chi connectivity index (χ0v) is 11.5. The fourth-order valence-electron chi connectivity index (χ4n) is 1.93. The van der Waals surface area contributed by atoms with E-state index in [0.29, 0.717) is 5.95 Å². The van der Waals surface area contributed by atoms with E-state index >= 15 is 0 Å². The summed E-state index contributed by atoms with van der Waals surface area (Å²) in [6.45, 7) is 6.78. The van der Waals surface area contributed by atoms with Crippen LogP contribution in [0.3, 0.4) is 0 Å². The Morgan fingerprint density at radius 2 is 2.00 bits per heavy atom. The van der Waals surface area contributed by atoms with Crippen LogP contribution in [0.1, 0.15) is 24.5 Å². The molecular formula is C15H18FN3. The summed E-state index contributed by atoms with van der Waals surface area (Å²) in [5.74, 6) is 0.392. The van der Waals surface area contributed by atoms with Gasteiger partial charge in [-0.15, -0.1) is 0 Å². The molecule has 0 saturated carbocycles. The van der Waals surface area contributed by atoms with Gasteiger partial charge in [-0.3, -0.25) is 0 Å². The van der Waals surface area contributed by atoms with Gasteiger partial charge in [-0.2, -0.15) is 0 Å². The van der Waals surface area contributed by atoms with Gasteiger partial charge in [-0.05, 0) is 49.6 Å². The summed E-state index contributed by atoms with van der Waals surface area (Å²) >= 11 is 0. The van der Waals surface area contributed by atoms with Crippen LogP contribution in [0.2, 0.25) is 0 Å². The highest BCUT2D eigenvalue weighted by atomic mass is 19.1. The smallest absolute Gasteiger partial charge is 0.223 e. The van der Waals surface area contributed by atoms with E-state index in [1.165, 1.54) is 12.1 Å². The monoisotopic (exact) mass is 259 g/mol. The number of halogens is 1. The summed E-state index contributed by atoms with van der Waals surface area (Å²) in [6, 6.07) is 4.75. The van der Waals surface area contributed by atoms with Crippen molar-refractivity contribution in [2.75, 3.05) is 11.9 Å². The van der Waals surface area contributed by atoms with Crippen molar-refractivity contribution >= 4 is 5.95 Å². The van der Waals surface area contributed by atoms with E-state index in [1.54, 1.807) is 12.3 Å². The normalized spacial score (nSPS) is 10.5. The standard InChI is InChI=1S/C15H18FN3/c1-4-7-17-15-18-9-11(3)14(19-15)13-6-5-12(16)8-10(13)2/h5-6,8-9H,4,7H2,1-3H3,(H,17,18,19). The molecular weight excluding hydrogens is 241 g/mol. The van der Waals surface area contributed by atoms with Gasteiger partial charge in [0.2, 0.25) is 5.95 Å². The summed E-state index contributed by atoms with van der Waals surface area (Å²) in [5.41, 5.74) is 3.66. The third-order valence-corrected chi connectivity index (χ3v) is 2.95. The minimum absolute atomic E-state index is 0.225. The van der Waals surface area contributed by atoms with Crippen LogP contribution in [0.4, 0.5) is 10.3 Å². The second-order valence-electron chi connectivity index (χ2n) is 4.61.